The van der Waals surface area contributed by atoms with Gasteiger partial charge in [0.15, 0.2) is 0 Å². The molecular weight excluding hydrogens is 278 g/mol. The number of hydrogen-bond donors (Lipinski definition) is 2. The maximum Gasteiger partial charge on any atom is 0.307 e. The lowest BCUT2D eigenvalue weighted by molar-refractivity contribution is -0.136. The van der Waals surface area contributed by atoms with E-state index in [0.29, 0.717) is 0 Å². The van der Waals surface area contributed by atoms with Crippen LogP contribution in [0.4, 0.5) is 0 Å². The topological polar surface area (TPSA) is 83.5 Å². The second-order valence-electron chi connectivity index (χ2n) is 4.38. The number of carbonyl (C=O) groups is 1. The Morgan fingerprint density at radius 1 is 1.20 bits per heavy atom. The molecule has 0 saturated heterocycles. The lowest BCUT2D eigenvalue weighted by Crippen LogP contribution is -2.24. The maximum absolute atomic E-state index is 12.2. The van der Waals surface area contributed by atoms with E-state index in [4.69, 9.17) is 5.11 Å². The van der Waals surface area contributed by atoms with Crippen LogP contribution in [0.25, 0.3) is 10.8 Å². The van der Waals surface area contributed by atoms with E-state index in [1.807, 2.05) is 18.2 Å². The third-order valence-corrected chi connectivity index (χ3v) is 4.52. The van der Waals surface area contributed by atoms with Crippen LogP contribution in [0.2, 0.25) is 0 Å². The number of nitrogens with one attached hydrogen (secondary N) is 1. The van der Waals surface area contributed by atoms with Crippen LogP contribution in [-0.4, -0.2) is 26.0 Å². The van der Waals surface area contributed by atoms with Gasteiger partial charge in [0.2, 0.25) is 10.0 Å². The van der Waals surface area contributed by atoms with E-state index in [0.717, 1.165) is 10.8 Å². The second-order valence-corrected chi connectivity index (χ2v) is 6.11. The summed E-state index contributed by atoms with van der Waals surface area (Å²) in [6, 6.07) is 10.4. The highest BCUT2D eigenvalue weighted by molar-refractivity contribution is 7.89. The largest absolute Gasteiger partial charge is 0.481 e. The summed E-state index contributed by atoms with van der Waals surface area (Å²) in [6.45, 7) is 1.93. The molecule has 0 saturated carbocycles. The monoisotopic (exact) mass is 293 g/mol. The summed E-state index contributed by atoms with van der Waals surface area (Å²) >= 11 is 0. The minimum Gasteiger partial charge on any atom is -0.481 e. The molecule has 0 unspecified atom stereocenters. The first-order valence-electron chi connectivity index (χ1n) is 6.17. The van der Waals surface area contributed by atoms with Gasteiger partial charge in [0.05, 0.1) is 11.3 Å². The van der Waals surface area contributed by atoms with E-state index in [9.17, 15) is 13.2 Å². The number of aliphatic carboxylic acids is 1. The molecule has 0 spiro atoms. The van der Waals surface area contributed by atoms with Crippen LogP contribution in [0.15, 0.2) is 41.3 Å². The second kappa shape index (κ2) is 5.60. The van der Waals surface area contributed by atoms with E-state index >= 15 is 0 Å². The van der Waals surface area contributed by atoms with Crippen LogP contribution < -0.4 is 4.72 Å². The average Bonchev–Trinajstić information content (AvgIpc) is 2.37. The quantitative estimate of drug-likeness (QED) is 0.880. The predicted molar refractivity (Wildman–Crippen MR) is 76.2 cm³/mol. The zero-order chi connectivity index (χ0) is 14.8. The molecule has 0 aliphatic heterocycles. The van der Waals surface area contributed by atoms with E-state index in [1.165, 1.54) is 6.07 Å². The lowest BCUT2D eigenvalue weighted by Gasteiger charge is -2.11. The van der Waals surface area contributed by atoms with Crippen LogP contribution in [0.1, 0.15) is 12.5 Å². The van der Waals surface area contributed by atoms with E-state index < -0.39 is 16.0 Å². The van der Waals surface area contributed by atoms with Crippen molar-refractivity contribution in [2.45, 2.75) is 18.2 Å². The highest BCUT2D eigenvalue weighted by Gasteiger charge is 2.19. The Morgan fingerprint density at radius 3 is 2.35 bits per heavy atom. The number of rotatable bonds is 5. The molecule has 0 bridgehead atoms. The minimum atomic E-state index is -3.69. The first kappa shape index (κ1) is 14.5. The van der Waals surface area contributed by atoms with E-state index in [1.54, 1.807) is 19.1 Å². The SMILES string of the molecule is CCNS(=O)(=O)c1cc2ccccc2cc1CC(=O)O. The number of sulfonamides is 1. The van der Waals surface area contributed by atoms with Crippen molar-refractivity contribution >= 4 is 26.8 Å². The highest BCUT2D eigenvalue weighted by atomic mass is 32.2. The van der Waals surface area contributed by atoms with Gasteiger partial charge in [-0.15, -0.1) is 0 Å². The van der Waals surface area contributed by atoms with Gasteiger partial charge in [-0.1, -0.05) is 31.2 Å². The Labute approximate surface area is 117 Å². The van der Waals surface area contributed by atoms with E-state index in [2.05, 4.69) is 4.72 Å². The Hall–Kier alpha value is -1.92. The van der Waals surface area contributed by atoms with Crippen LogP contribution in [0.5, 0.6) is 0 Å². The predicted octanol–water partition coefficient (Wildman–Crippen LogP) is 1.77. The lowest BCUT2D eigenvalue weighted by atomic mass is 10.1. The number of fused-ring (bicyclic) bond motifs is 1. The van der Waals surface area contributed by atoms with Crippen LogP contribution >= 0.6 is 0 Å². The van der Waals surface area contributed by atoms with Crippen LogP contribution in [-0.2, 0) is 21.2 Å². The van der Waals surface area contributed by atoms with Crippen molar-refractivity contribution < 1.29 is 18.3 Å². The van der Waals surface area contributed by atoms with Gasteiger partial charge in [-0.05, 0) is 28.5 Å². The maximum atomic E-state index is 12.2. The smallest absolute Gasteiger partial charge is 0.307 e. The third kappa shape index (κ3) is 2.97. The zero-order valence-electron chi connectivity index (χ0n) is 11.0. The van der Waals surface area contributed by atoms with Gasteiger partial charge >= 0.3 is 5.97 Å². The Bertz CT molecular complexity index is 753. The van der Waals surface area contributed by atoms with Crippen molar-refractivity contribution in [2.24, 2.45) is 0 Å². The Kier molecular flexibility index (Phi) is 4.06. The van der Waals surface area contributed by atoms with Gasteiger partial charge in [0.1, 0.15) is 0 Å². The van der Waals surface area contributed by atoms with Crippen molar-refractivity contribution in [1.29, 1.82) is 0 Å². The fourth-order valence-electron chi connectivity index (χ4n) is 2.09. The number of carboxylic acids is 1. The summed E-state index contributed by atoms with van der Waals surface area (Å²) in [5, 5.41) is 10.5. The molecule has 2 aromatic rings. The molecule has 0 aliphatic rings. The molecule has 0 radical (unpaired) electrons. The number of carboxylic acid groups (broad SMARTS) is 1. The van der Waals surface area contributed by atoms with Crippen molar-refractivity contribution in [3.8, 4) is 0 Å². The molecule has 0 heterocycles. The fourth-order valence-corrected chi connectivity index (χ4v) is 3.38. The highest BCUT2D eigenvalue weighted by Crippen LogP contribution is 2.24. The molecule has 20 heavy (non-hydrogen) atoms. The summed E-state index contributed by atoms with van der Waals surface area (Å²) in [6.07, 6.45) is -0.329. The first-order valence-corrected chi connectivity index (χ1v) is 7.65. The standard InChI is InChI=1S/C14H15NO4S/c1-2-15-20(18,19)13-8-11-6-4-3-5-10(11)7-12(13)9-14(16)17/h3-8,15H,2,9H2,1H3,(H,16,17). The molecule has 106 valence electrons. The van der Waals surface area contributed by atoms with Gasteiger partial charge < -0.3 is 5.11 Å². The molecular formula is C14H15NO4S. The normalized spacial score (nSPS) is 11.7. The summed E-state index contributed by atoms with van der Waals surface area (Å²) in [4.78, 5) is 11.0. The first-order chi connectivity index (χ1) is 9.44. The van der Waals surface area contributed by atoms with Gasteiger partial charge in [0, 0.05) is 6.54 Å². The van der Waals surface area contributed by atoms with Crippen molar-refractivity contribution in [1.82, 2.24) is 4.72 Å². The van der Waals surface area contributed by atoms with Gasteiger partial charge in [-0.3, -0.25) is 4.79 Å². The van der Waals surface area contributed by atoms with E-state index in [-0.39, 0.29) is 23.4 Å². The zero-order valence-corrected chi connectivity index (χ0v) is 11.8. The molecule has 0 aromatic heterocycles. The van der Waals surface area contributed by atoms with Crippen molar-refractivity contribution in [3.05, 3.63) is 42.0 Å². The van der Waals surface area contributed by atoms with Crippen LogP contribution in [0.3, 0.4) is 0 Å². The number of hydrogen-bond acceptors (Lipinski definition) is 3. The average molecular weight is 293 g/mol. The molecule has 0 fully saturated rings. The molecule has 0 aliphatic carbocycles. The van der Waals surface area contributed by atoms with Gasteiger partial charge in [-0.25, -0.2) is 13.1 Å². The molecule has 0 atom stereocenters. The Morgan fingerprint density at radius 2 is 1.80 bits per heavy atom. The fraction of sp³-hybridized carbons (Fsp3) is 0.214. The molecule has 2 rings (SSSR count). The van der Waals surface area contributed by atoms with Crippen molar-refractivity contribution in [3.63, 3.8) is 0 Å². The Balaban J connectivity index is 2.69. The summed E-state index contributed by atoms with van der Waals surface area (Å²) in [5.74, 6) is -1.06. The van der Waals surface area contributed by atoms with Gasteiger partial charge in [-0.2, -0.15) is 0 Å². The van der Waals surface area contributed by atoms with Crippen LogP contribution in [0, 0.1) is 0 Å². The summed E-state index contributed by atoms with van der Waals surface area (Å²) in [7, 11) is -3.69. The third-order valence-electron chi connectivity index (χ3n) is 2.89. The minimum absolute atomic E-state index is 0.0282. The summed E-state index contributed by atoms with van der Waals surface area (Å²) < 4.78 is 26.7. The summed E-state index contributed by atoms with van der Waals surface area (Å²) in [5.41, 5.74) is 0.289. The van der Waals surface area contributed by atoms with Gasteiger partial charge in [0.25, 0.3) is 0 Å². The molecule has 2 N–H and O–H groups in total. The molecule has 2 aromatic carbocycles. The number of benzene rings is 2. The molecule has 6 heteroatoms. The molecule has 5 nitrogen and oxygen atoms in total. The van der Waals surface area contributed by atoms with Crippen molar-refractivity contribution in [2.75, 3.05) is 6.54 Å². The molecule has 0 amide bonds.